The monoisotopic (exact) mass is 337 g/mol. The first kappa shape index (κ1) is 17.2. The minimum atomic E-state index is -0.639. The highest BCUT2D eigenvalue weighted by Crippen LogP contribution is 2.19. The van der Waals surface area contributed by atoms with E-state index in [2.05, 4.69) is 10.3 Å². The van der Waals surface area contributed by atoms with Crippen LogP contribution in [0.4, 0.5) is 0 Å². The van der Waals surface area contributed by atoms with Gasteiger partial charge in [-0.3, -0.25) is 4.79 Å². The Bertz CT molecular complexity index is 829. The molecule has 3 rings (SSSR count). The van der Waals surface area contributed by atoms with Crippen LogP contribution in [0.2, 0.25) is 0 Å². The minimum Gasteiger partial charge on any atom is -0.394 e. The fraction of sp³-hybridized carbons (Fsp3) is 0.250. The van der Waals surface area contributed by atoms with Gasteiger partial charge in [0.25, 0.3) is 0 Å². The van der Waals surface area contributed by atoms with E-state index in [0.29, 0.717) is 12.8 Å². The minimum absolute atomic E-state index is 0.136. The van der Waals surface area contributed by atoms with Crippen LogP contribution in [0, 0.1) is 0 Å². The SMILES string of the molecule is N[C@@H](Cc1ccccc1)C(=O)N[C@H](CO)Cc1c[nH]c2ccccc12. The maximum atomic E-state index is 12.4. The number of aromatic nitrogens is 1. The van der Waals surface area contributed by atoms with Crippen molar-refractivity contribution in [3.05, 3.63) is 71.9 Å². The molecule has 0 unspecified atom stereocenters. The second kappa shape index (κ2) is 7.96. The van der Waals surface area contributed by atoms with E-state index in [1.165, 1.54) is 0 Å². The van der Waals surface area contributed by atoms with Crippen LogP contribution in [0.1, 0.15) is 11.1 Å². The zero-order valence-corrected chi connectivity index (χ0v) is 14.0. The number of aromatic amines is 1. The molecule has 25 heavy (non-hydrogen) atoms. The average Bonchev–Trinajstić information content (AvgIpc) is 3.05. The van der Waals surface area contributed by atoms with Crippen molar-refractivity contribution in [2.75, 3.05) is 6.61 Å². The molecule has 5 N–H and O–H groups in total. The number of aliphatic hydroxyl groups is 1. The van der Waals surface area contributed by atoms with Crippen molar-refractivity contribution in [3.8, 4) is 0 Å². The third-order valence-corrected chi connectivity index (χ3v) is 4.34. The summed E-state index contributed by atoms with van der Waals surface area (Å²) in [5.74, 6) is -0.247. The molecule has 3 aromatic rings. The molecule has 1 heterocycles. The number of amides is 1. The second-order valence-electron chi connectivity index (χ2n) is 6.25. The zero-order valence-electron chi connectivity index (χ0n) is 14.0. The van der Waals surface area contributed by atoms with E-state index in [9.17, 15) is 9.90 Å². The maximum Gasteiger partial charge on any atom is 0.237 e. The molecule has 0 aliphatic rings. The first-order chi connectivity index (χ1) is 12.2. The molecule has 2 aromatic carbocycles. The Morgan fingerprint density at radius 3 is 2.56 bits per heavy atom. The Labute approximate surface area is 146 Å². The highest BCUT2D eigenvalue weighted by Gasteiger charge is 2.19. The fourth-order valence-corrected chi connectivity index (χ4v) is 3.00. The normalized spacial score (nSPS) is 13.5. The van der Waals surface area contributed by atoms with Gasteiger partial charge in [-0.1, -0.05) is 48.5 Å². The molecule has 1 aromatic heterocycles. The summed E-state index contributed by atoms with van der Waals surface area (Å²) in [5, 5.41) is 13.6. The predicted molar refractivity (Wildman–Crippen MR) is 99.1 cm³/mol. The van der Waals surface area contributed by atoms with Gasteiger partial charge in [-0.25, -0.2) is 0 Å². The largest absolute Gasteiger partial charge is 0.394 e. The summed E-state index contributed by atoms with van der Waals surface area (Å²) >= 11 is 0. The molecular formula is C20H23N3O2. The summed E-state index contributed by atoms with van der Waals surface area (Å²) in [7, 11) is 0. The van der Waals surface area contributed by atoms with Crippen molar-refractivity contribution in [1.82, 2.24) is 10.3 Å². The van der Waals surface area contributed by atoms with Crippen LogP contribution in [-0.2, 0) is 17.6 Å². The smallest absolute Gasteiger partial charge is 0.237 e. The molecule has 5 nitrogen and oxygen atoms in total. The lowest BCUT2D eigenvalue weighted by Gasteiger charge is -2.19. The molecule has 0 spiro atoms. The summed E-state index contributed by atoms with van der Waals surface area (Å²) in [6.07, 6.45) is 2.94. The Kier molecular flexibility index (Phi) is 5.48. The van der Waals surface area contributed by atoms with Gasteiger partial charge in [0.2, 0.25) is 5.91 Å². The highest BCUT2D eigenvalue weighted by molar-refractivity contribution is 5.84. The first-order valence-corrected chi connectivity index (χ1v) is 8.43. The Hall–Kier alpha value is -2.63. The molecule has 0 saturated heterocycles. The van der Waals surface area contributed by atoms with E-state index in [1.807, 2.05) is 60.8 Å². The lowest BCUT2D eigenvalue weighted by Crippen LogP contribution is -2.48. The Morgan fingerprint density at radius 2 is 1.80 bits per heavy atom. The number of rotatable bonds is 7. The van der Waals surface area contributed by atoms with Crippen LogP contribution in [0.5, 0.6) is 0 Å². The number of hydrogen-bond donors (Lipinski definition) is 4. The highest BCUT2D eigenvalue weighted by atomic mass is 16.3. The number of benzene rings is 2. The number of carbonyl (C=O) groups excluding carboxylic acids is 1. The van der Waals surface area contributed by atoms with Gasteiger partial charge in [0.05, 0.1) is 18.7 Å². The third-order valence-electron chi connectivity index (χ3n) is 4.34. The van der Waals surface area contributed by atoms with E-state index < -0.39 is 6.04 Å². The number of hydrogen-bond acceptors (Lipinski definition) is 3. The van der Waals surface area contributed by atoms with Crippen LogP contribution < -0.4 is 11.1 Å². The van der Waals surface area contributed by atoms with E-state index >= 15 is 0 Å². The Balaban J connectivity index is 1.62. The average molecular weight is 337 g/mol. The molecule has 0 aliphatic heterocycles. The molecule has 130 valence electrons. The molecule has 2 atom stereocenters. The van der Waals surface area contributed by atoms with Gasteiger partial charge < -0.3 is 21.1 Å². The molecular weight excluding hydrogens is 314 g/mol. The predicted octanol–water partition coefficient (Wildman–Crippen LogP) is 1.76. The van der Waals surface area contributed by atoms with Crippen molar-refractivity contribution in [1.29, 1.82) is 0 Å². The quantitative estimate of drug-likeness (QED) is 0.529. The van der Waals surface area contributed by atoms with E-state index in [-0.39, 0.29) is 18.6 Å². The molecule has 0 saturated carbocycles. The van der Waals surface area contributed by atoms with Crippen LogP contribution >= 0.6 is 0 Å². The van der Waals surface area contributed by atoms with Crippen LogP contribution in [0.3, 0.4) is 0 Å². The van der Waals surface area contributed by atoms with Crippen LogP contribution in [-0.4, -0.2) is 34.7 Å². The van der Waals surface area contributed by atoms with E-state index in [4.69, 9.17) is 5.73 Å². The summed E-state index contributed by atoms with van der Waals surface area (Å²) in [6.45, 7) is -0.136. The van der Waals surface area contributed by atoms with Gasteiger partial charge in [-0.2, -0.15) is 0 Å². The van der Waals surface area contributed by atoms with Crippen molar-refractivity contribution >= 4 is 16.8 Å². The number of fused-ring (bicyclic) bond motifs is 1. The van der Waals surface area contributed by atoms with Crippen molar-refractivity contribution < 1.29 is 9.90 Å². The summed E-state index contributed by atoms with van der Waals surface area (Å²) in [4.78, 5) is 15.6. The molecule has 0 fully saturated rings. The van der Waals surface area contributed by atoms with E-state index in [1.54, 1.807) is 0 Å². The molecule has 0 bridgehead atoms. The van der Waals surface area contributed by atoms with Crippen molar-refractivity contribution in [3.63, 3.8) is 0 Å². The zero-order chi connectivity index (χ0) is 17.6. The van der Waals surface area contributed by atoms with E-state index in [0.717, 1.165) is 22.0 Å². The summed E-state index contributed by atoms with van der Waals surface area (Å²) in [6, 6.07) is 16.6. The lowest BCUT2D eigenvalue weighted by atomic mass is 10.0. The van der Waals surface area contributed by atoms with Gasteiger partial charge >= 0.3 is 0 Å². The van der Waals surface area contributed by atoms with Gasteiger partial charge in [0.1, 0.15) is 0 Å². The second-order valence-corrected chi connectivity index (χ2v) is 6.25. The molecule has 0 aliphatic carbocycles. The van der Waals surface area contributed by atoms with Crippen LogP contribution in [0.25, 0.3) is 10.9 Å². The third kappa shape index (κ3) is 4.26. The first-order valence-electron chi connectivity index (χ1n) is 8.43. The maximum absolute atomic E-state index is 12.4. The van der Waals surface area contributed by atoms with Gasteiger partial charge in [0, 0.05) is 17.1 Å². The fourth-order valence-electron chi connectivity index (χ4n) is 3.00. The van der Waals surface area contributed by atoms with Crippen LogP contribution in [0.15, 0.2) is 60.8 Å². The molecule has 1 amide bonds. The molecule has 0 radical (unpaired) electrons. The van der Waals surface area contributed by atoms with Crippen molar-refractivity contribution in [2.24, 2.45) is 5.73 Å². The van der Waals surface area contributed by atoms with Gasteiger partial charge in [-0.15, -0.1) is 0 Å². The number of aliphatic hydroxyl groups excluding tert-OH is 1. The van der Waals surface area contributed by atoms with Gasteiger partial charge in [-0.05, 0) is 30.0 Å². The topological polar surface area (TPSA) is 91.1 Å². The molecule has 5 heteroatoms. The van der Waals surface area contributed by atoms with Gasteiger partial charge in [0.15, 0.2) is 0 Å². The summed E-state index contributed by atoms with van der Waals surface area (Å²) < 4.78 is 0. The number of para-hydroxylation sites is 1. The standard InChI is InChI=1S/C20H23N3O2/c21-18(10-14-6-2-1-3-7-14)20(25)23-16(13-24)11-15-12-22-19-9-5-4-8-17(15)19/h1-9,12,16,18,22,24H,10-11,13,21H2,(H,23,25)/t16-,18-/m0/s1. The number of nitrogens with one attached hydrogen (secondary N) is 2. The number of H-pyrrole nitrogens is 1. The Morgan fingerprint density at radius 1 is 1.08 bits per heavy atom. The van der Waals surface area contributed by atoms with Crippen molar-refractivity contribution in [2.45, 2.75) is 24.9 Å². The number of carbonyl (C=O) groups is 1. The number of nitrogens with two attached hydrogens (primary N) is 1. The lowest BCUT2D eigenvalue weighted by molar-refractivity contribution is -0.123. The summed E-state index contributed by atoms with van der Waals surface area (Å²) in [5.41, 5.74) is 9.14.